The Morgan fingerprint density at radius 2 is 1.75 bits per heavy atom. The van der Waals surface area contributed by atoms with Gasteiger partial charge in [0, 0.05) is 37.2 Å². The molecule has 21 heteroatoms. The molecule has 1 fully saturated rings. The SMILES string of the molecule is CC(=O)N(C(=O)[C@@H](C)N)c1ccc(-c2ncc(C(=O)N(C(=O)C(N)c3ccccc3)C3C(=O)N4C(C(=O)O)=C(CSc5nnnn5C)CS[C@@H]34)c(O)n2)cc1. The zero-order chi connectivity index (χ0) is 39.7. The van der Waals surface area contributed by atoms with Gasteiger partial charge in [-0.2, -0.15) is 4.98 Å². The van der Waals surface area contributed by atoms with E-state index in [1.807, 2.05) is 0 Å². The molecule has 6 N–H and O–H groups in total. The van der Waals surface area contributed by atoms with Crippen molar-refractivity contribution in [3.8, 4) is 17.3 Å². The molecule has 2 aromatic carbocycles. The van der Waals surface area contributed by atoms with Crippen molar-refractivity contribution in [1.82, 2.24) is 40.0 Å². The summed E-state index contributed by atoms with van der Waals surface area (Å²) in [5.41, 5.74) is 12.5. The van der Waals surface area contributed by atoms with Gasteiger partial charge in [0.1, 0.15) is 28.7 Å². The number of carbonyl (C=O) groups excluding carboxylic acids is 5. The first-order valence-corrected chi connectivity index (χ1v) is 18.4. The Labute approximate surface area is 320 Å². The largest absolute Gasteiger partial charge is 0.493 e. The topological polar surface area (TPSA) is 274 Å². The number of nitrogens with zero attached hydrogens (tertiary/aromatic N) is 9. The lowest BCUT2D eigenvalue weighted by molar-refractivity contribution is -0.157. The Kier molecular flexibility index (Phi) is 11.1. The number of hydrogen-bond donors (Lipinski definition) is 4. The van der Waals surface area contributed by atoms with Gasteiger partial charge in [-0.3, -0.25) is 33.8 Å². The molecule has 0 bridgehead atoms. The number of fused-ring (bicyclic) bond motifs is 1. The molecule has 284 valence electrons. The zero-order valence-electron chi connectivity index (χ0n) is 29.3. The van der Waals surface area contributed by atoms with Crippen LogP contribution in [-0.2, 0) is 31.0 Å². The maximum atomic E-state index is 14.3. The average Bonchev–Trinajstić information content (AvgIpc) is 3.59. The number of hydrogen-bond acceptors (Lipinski definition) is 16. The van der Waals surface area contributed by atoms with Crippen LogP contribution in [0.3, 0.4) is 0 Å². The van der Waals surface area contributed by atoms with E-state index in [0.717, 1.165) is 27.8 Å². The lowest BCUT2D eigenvalue weighted by Gasteiger charge is -2.52. The van der Waals surface area contributed by atoms with Gasteiger partial charge in [0.25, 0.3) is 17.7 Å². The van der Waals surface area contributed by atoms with E-state index in [9.17, 15) is 39.0 Å². The predicted molar refractivity (Wildman–Crippen MR) is 197 cm³/mol. The van der Waals surface area contributed by atoms with Gasteiger partial charge in [0.15, 0.2) is 5.82 Å². The summed E-state index contributed by atoms with van der Waals surface area (Å²) in [7, 11) is 1.62. The Hall–Kier alpha value is -6.03. The average molecular weight is 788 g/mol. The zero-order valence-corrected chi connectivity index (χ0v) is 31.0. The summed E-state index contributed by atoms with van der Waals surface area (Å²) in [6.45, 7) is 2.66. The molecule has 2 aliphatic rings. The molecule has 55 heavy (non-hydrogen) atoms. The van der Waals surface area contributed by atoms with Crippen molar-refractivity contribution in [3.63, 3.8) is 0 Å². The van der Waals surface area contributed by atoms with Gasteiger partial charge in [-0.05, 0) is 52.8 Å². The van der Waals surface area contributed by atoms with Crippen molar-refractivity contribution in [2.24, 2.45) is 18.5 Å². The number of carboxylic acids is 1. The number of aliphatic carboxylic acids is 1. The molecule has 6 rings (SSSR count). The molecule has 0 aliphatic carbocycles. The Balaban J connectivity index is 1.31. The van der Waals surface area contributed by atoms with E-state index in [4.69, 9.17) is 11.5 Å². The maximum Gasteiger partial charge on any atom is 0.352 e. The van der Waals surface area contributed by atoms with Crippen LogP contribution in [0, 0.1) is 0 Å². The molecule has 0 radical (unpaired) electrons. The molecule has 4 heterocycles. The number of imide groups is 2. The van der Waals surface area contributed by atoms with Crippen LogP contribution in [0.25, 0.3) is 11.4 Å². The highest BCUT2D eigenvalue weighted by Gasteiger charge is 2.59. The smallest absolute Gasteiger partial charge is 0.352 e. The van der Waals surface area contributed by atoms with E-state index < -0.39 is 70.4 Å². The normalized spacial score (nSPS) is 17.5. The van der Waals surface area contributed by atoms with Gasteiger partial charge in [0.2, 0.25) is 22.9 Å². The summed E-state index contributed by atoms with van der Waals surface area (Å²) in [6.07, 6.45) is 0.984. The first-order chi connectivity index (χ1) is 26.2. The van der Waals surface area contributed by atoms with E-state index in [2.05, 4.69) is 25.5 Å². The molecule has 2 aliphatic heterocycles. The number of aromatic nitrogens is 6. The number of anilines is 1. The molecule has 4 aromatic rings. The summed E-state index contributed by atoms with van der Waals surface area (Å²) in [4.78, 5) is 90.5. The number of benzene rings is 2. The van der Waals surface area contributed by atoms with Gasteiger partial charge in [-0.25, -0.2) is 19.4 Å². The van der Waals surface area contributed by atoms with Gasteiger partial charge in [0.05, 0.1) is 11.7 Å². The van der Waals surface area contributed by atoms with Crippen molar-refractivity contribution in [2.45, 2.75) is 42.5 Å². The lowest BCUT2D eigenvalue weighted by atomic mass is 9.98. The van der Waals surface area contributed by atoms with E-state index in [-0.39, 0.29) is 28.7 Å². The second-order valence-corrected chi connectivity index (χ2v) is 14.4. The summed E-state index contributed by atoms with van der Waals surface area (Å²) in [5.74, 6) is -6.12. The molecule has 0 spiro atoms. The third kappa shape index (κ3) is 7.41. The highest BCUT2D eigenvalue weighted by atomic mass is 32.2. The van der Waals surface area contributed by atoms with Crippen LogP contribution in [0.5, 0.6) is 5.88 Å². The van der Waals surface area contributed by atoms with E-state index in [1.54, 1.807) is 37.4 Å². The molecule has 4 atom stereocenters. The summed E-state index contributed by atoms with van der Waals surface area (Å²) < 4.78 is 1.42. The van der Waals surface area contributed by atoms with Crippen LogP contribution in [-0.4, -0.2) is 115 Å². The molecular weight excluding hydrogens is 755 g/mol. The van der Waals surface area contributed by atoms with Crippen molar-refractivity contribution in [3.05, 3.63) is 83.2 Å². The van der Waals surface area contributed by atoms with Gasteiger partial charge in [-0.1, -0.05) is 42.1 Å². The van der Waals surface area contributed by atoms with Gasteiger partial charge >= 0.3 is 5.97 Å². The van der Waals surface area contributed by atoms with Gasteiger partial charge < -0.3 is 21.7 Å². The van der Waals surface area contributed by atoms with Crippen LogP contribution < -0.4 is 16.4 Å². The summed E-state index contributed by atoms with van der Waals surface area (Å²) >= 11 is 2.33. The predicted octanol–water partition coefficient (Wildman–Crippen LogP) is 0.683. The fraction of sp³-hybridized carbons (Fsp3) is 0.265. The maximum absolute atomic E-state index is 14.3. The van der Waals surface area contributed by atoms with E-state index in [0.29, 0.717) is 26.8 Å². The second kappa shape index (κ2) is 15.8. The fourth-order valence-corrected chi connectivity index (χ4v) is 8.29. The van der Waals surface area contributed by atoms with E-state index >= 15 is 0 Å². The number of amides is 5. The number of aromatic hydroxyl groups is 1. The Bertz CT molecular complexity index is 2230. The third-order valence-electron chi connectivity index (χ3n) is 8.65. The molecule has 5 amide bonds. The minimum Gasteiger partial charge on any atom is -0.493 e. The molecule has 2 aromatic heterocycles. The minimum atomic E-state index is -1.50. The van der Waals surface area contributed by atoms with Crippen molar-refractivity contribution in [2.75, 3.05) is 16.4 Å². The monoisotopic (exact) mass is 787 g/mol. The third-order valence-corrected chi connectivity index (χ3v) is 11.1. The number of thioether (sulfide) groups is 2. The van der Waals surface area contributed by atoms with Crippen LogP contribution in [0.4, 0.5) is 5.69 Å². The van der Waals surface area contributed by atoms with Gasteiger partial charge in [-0.15, -0.1) is 16.9 Å². The summed E-state index contributed by atoms with van der Waals surface area (Å²) in [5, 5.41) is 31.9. The quantitative estimate of drug-likeness (QED) is 0.120. The molecule has 2 unspecified atom stereocenters. The van der Waals surface area contributed by atoms with Crippen LogP contribution in [0.15, 0.2) is 77.2 Å². The Morgan fingerprint density at radius 3 is 2.33 bits per heavy atom. The number of carbonyl (C=O) groups is 6. The number of tetrazole rings is 1. The second-order valence-electron chi connectivity index (χ2n) is 12.3. The number of nitrogens with two attached hydrogens (primary N) is 2. The molecule has 19 nitrogen and oxygen atoms in total. The number of aryl methyl sites for hydroxylation is 1. The van der Waals surface area contributed by atoms with Crippen molar-refractivity contribution < 1.29 is 39.0 Å². The van der Waals surface area contributed by atoms with Crippen molar-refractivity contribution in [1.29, 1.82) is 0 Å². The highest BCUT2D eigenvalue weighted by molar-refractivity contribution is 8.01. The standard InChI is InChI=1S/C34H33N11O8S2/c1-16(35)28(48)43(17(2)46)21-11-9-19(10-12-21)26-37-13-22(27(47)38-26)29(49)44(30(50)23(36)18-7-5-4-6-8-18)25-31(51)45-24(33(52)53)20(14-54-32(25)45)15-55-34-39-40-41-42(34)3/h4-13,16,23,25,32H,14-15,35-36H2,1-3H3,(H,52,53)(H,37,38,47)/t16-,23?,25?,32+/m1/s1. The molecule has 1 saturated heterocycles. The number of β-lactam (4-membered cyclic amide) rings is 1. The lowest BCUT2D eigenvalue weighted by Crippen LogP contribution is -2.72. The number of carboxylic acid groups (broad SMARTS) is 1. The van der Waals surface area contributed by atoms with Crippen molar-refractivity contribution >= 4 is 64.7 Å². The summed E-state index contributed by atoms with van der Waals surface area (Å²) in [6, 6.07) is 10.1. The highest BCUT2D eigenvalue weighted by Crippen LogP contribution is 2.44. The van der Waals surface area contributed by atoms with E-state index in [1.165, 1.54) is 54.6 Å². The van der Waals surface area contributed by atoms with Crippen LogP contribution in [0.1, 0.15) is 35.8 Å². The fourth-order valence-electron chi connectivity index (χ4n) is 5.91. The minimum absolute atomic E-state index is 0.0557. The van der Waals surface area contributed by atoms with Crippen LogP contribution in [0.2, 0.25) is 0 Å². The Morgan fingerprint density at radius 1 is 1.05 bits per heavy atom. The first kappa shape index (κ1) is 38.7. The molecular formula is C34H33N11O8S2. The molecule has 0 saturated carbocycles. The number of rotatable bonds is 11. The first-order valence-electron chi connectivity index (χ1n) is 16.4. The van der Waals surface area contributed by atoms with Crippen LogP contribution >= 0.6 is 23.5 Å².